The molecule has 10 nitrogen and oxygen atoms in total. The first kappa shape index (κ1) is 30.6. The number of nitrogens with zero attached hydrogens (tertiary/aromatic N) is 4. The van der Waals surface area contributed by atoms with Crippen molar-refractivity contribution in [2.75, 3.05) is 12.4 Å². The van der Waals surface area contributed by atoms with Crippen LogP contribution in [0.1, 0.15) is 34.5 Å². The molecule has 1 aliphatic rings. The van der Waals surface area contributed by atoms with Crippen molar-refractivity contribution in [3.63, 3.8) is 0 Å². The molecule has 0 aliphatic carbocycles. The zero-order valence-electron chi connectivity index (χ0n) is 25.8. The second kappa shape index (κ2) is 13.0. The van der Waals surface area contributed by atoms with Gasteiger partial charge in [0.05, 0.1) is 23.7 Å². The smallest absolute Gasteiger partial charge is 0.284 e. The fourth-order valence-corrected chi connectivity index (χ4v) is 5.81. The van der Waals surface area contributed by atoms with E-state index in [-0.39, 0.29) is 28.6 Å². The minimum Gasteiger partial charge on any atom is -0.493 e. The molecule has 0 unspecified atom stereocenters. The van der Waals surface area contributed by atoms with Crippen LogP contribution in [0.25, 0.3) is 16.6 Å². The van der Waals surface area contributed by atoms with E-state index >= 15 is 4.39 Å². The predicted molar refractivity (Wildman–Crippen MR) is 174 cm³/mol. The summed E-state index contributed by atoms with van der Waals surface area (Å²) in [7, 11) is 1.51. The number of anilines is 1. The highest BCUT2D eigenvalue weighted by Crippen LogP contribution is 2.37. The van der Waals surface area contributed by atoms with Crippen molar-refractivity contribution < 1.29 is 27.8 Å². The lowest BCUT2D eigenvalue weighted by atomic mass is 10.1. The lowest BCUT2D eigenvalue weighted by Crippen LogP contribution is -2.26. The molecule has 0 saturated carbocycles. The molecule has 242 valence electrons. The van der Waals surface area contributed by atoms with Crippen LogP contribution in [0.5, 0.6) is 23.1 Å². The van der Waals surface area contributed by atoms with E-state index in [1.807, 2.05) is 30.3 Å². The molecule has 48 heavy (non-hydrogen) atoms. The van der Waals surface area contributed by atoms with Crippen molar-refractivity contribution in [3.05, 3.63) is 130 Å². The molecule has 0 fully saturated rings. The number of rotatable bonds is 9. The van der Waals surface area contributed by atoms with Gasteiger partial charge in [0, 0.05) is 24.4 Å². The number of methoxy groups -OCH3 is 1. The summed E-state index contributed by atoms with van der Waals surface area (Å²) < 4.78 is 50.4. The number of hydrogen-bond donors (Lipinski definition) is 1. The second-order valence-electron chi connectivity index (χ2n) is 11.1. The van der Waals surface area contributed by atoms with Gasteiger partial charge in [-0.3, -0.25) is 14.3 Å². The molecule has 0 spiro atoms. The number of hydrogen-bond acceptors (Lipinski definition) is 7. The van der Waals surface area contributed by atoms with E-state index in [4.69, 9.17) is 14.2 Å². The number of benzene rings is 4. The number of para-hydroxylation sites is 1. The highest BCUT2D eigenvalue weighted by Gasteiger charge is 2.29. The topological polar surface area (TPSA) is 110 Å². The molecule has 3 heterocycles. The fourth-order valence-electron chi connectivity index (χ4n) is 5.81. The Morgan fingerprint density at radius 1 is 0.896 bits per heavy atom. The van der Waals surface area contributed by atoms with Crippen LogP contribution in [-0.4, -0.2) is 32.3 Å². The van der Waals surface area contributed by atoms with Gasteiger partial charge in [0.25, 0.3) is 11.5 Å². The third-order valence-electron chi connectivity index (χ3n) is 8.11. The van der Waals surface area contributed by atoms with Gasteiger partial charge in [-0.1, -0.05) is 42.5 Å². The summed E-state index contributed by atoms with van der Waals surface area (Å²) in [6.07, 6.45) is 3.32. The maximum Gasteiger partial charge on any atom is 0.284 e. The van der Waals surface area contributed by atoms with Gasteiger partial charge in [-0.25, -0.2) is 23.4 Å². The number of carbonyl (C=O) groups excluding carboxylic acids is 1. The van der Waals surface area contributed by atoms with E-state index in [0.717, 1.165) is 24.5 Å². The molecule has 1 N–H and O–H groups in total. The SMILES string of the molecule is COc1cc2c(Oc3ccc(NC(=O)c4c5n(n(-c6ccccc6F)c4=O)CCCC5)cc3F)ncnc2cc1OCc1ccccc1. The van der Waals surface area contributed by atoms with Gasteiger partial charge in [0.2, 0.25) is 5.88 Å². The summed E-state index contributed by atoms with van der Waals surface area (Å²) in [6.45, 7) is 0.776. The number of amides is 1. The van der Waals surface area contributed by atoms with Crippen LogP contribution in [-0.2, 0) is 19.6 Å². The molecule has 0 radical (unpaired) electrons. The molecule has 4 aromatic carbocycles. The van der Waals surface area contributed by atoms with Gasteiger partial charge in [0.1, 0.15) is 30.0 Å². The highest BCUT2D eigenvalue weighted by atomic mass is 19.1. The Labute approximate surface area is 273 Å². The van der Waals surface area contributed by atoms with Crippen LogP contribution < -0.4 is 25.1 Å². The van der Waals surface area contributed by atoms with E-state index < -0.39 is 23.1 Å². The first-order valence-corrected chi connectivity index (χ1v) is 15.3. The minimum atomic E-state index is -0.781. The lowest BCUT2D eigenvalue weighted by molar-refractivity contribution is 0.102. The summed E-state index contributed by atoms with van der Waals surface area (Å²) in [5.41, 5.74) is 1.39. The summed E-state index contributed by atoms with van der Waals surface area (Å²) in [5.74, 6) is -1.27. The molecule has 1 aliphatic heterocycles. The van der Waals surface area contributed by atoms with E-state index in [0.29, 0.717) is 47.7 Å². The first-order chi connectivity index (χ1) is 23.4. The second-order valence-corrected chi connectivity index (χ2v) is 11.1. The standard InChI is InChI=1S/C36H29F2N5O5/c1-46-31-18-24-27(19-32(31)47-20-22-9-3-2-4-10-22)39-21-40-35(24)48-30-15-14-23(17-26(30)38)41-34(44)33-29-13-7-8-16-42(29)43(36(33)45)28-12-6-5-11-25(28)37/h2-6,9-12,14-15,17-19,21H,7-8,13,16,20H2,1H3,(H,41,44). The van der Waals surface area contributed by atoms with Gasteiger partial charge < -0.3 is 19.5 Å². The van der Waals surface area contributed by atoms with Crippen molar-refractivity contribution in [2.45, 2.75) is 32.4 Å². The Hall–Kier alpha value is -6.04. The third-order valence-corrected chi connectivity index (χ3v) is 8.11. The Balaban J connectivity index is 1.13. The largest absolute Gasteiger partial charge is 0.493 e. The molecule has 12 heteroatoms. The maximum absolute atomic E-state index is 15.4. The normalized spacial score (nSPS) is 12.4. The monoisotopic (exact) mass is 649 g/mol. The van der Waals surface area contributed by atoms with Crippen LogP contribution in [0.4, 0.5) is 14.5 Å². The third kappa shape index (κ3) is 5.83. The Morgan fingerprint density at radius 3 is 2.50 bits per heavy atom. The van der Waals surface area contributed by atoms with Crippen LogP contribution in [0.2, 0.25) is 0 Å². The van der Waals surface area contributed by atoms with Crippen molar-refractivity contribution in [1.29, 1.82) is 0 Å². The minimum absolute atomic E-state index is 0.0584. The zero-order valence-corrected chi connectivity index (χ0v) is 25.8. The molecule has 0 saturated heterocycles. The van der Waals surface area contributed by atoms with Crippen LogP contribution in [0.3, 0.4) is 0 Å². The Morgan fingerprint density at radius 2 is 1.71 bits per heavy atom. The molecule has 7 rings (SSSR count). The lowest BCUT2D eigenvalue weighted by Gasteiger charge is -2.19. The quantitative estimate of drug-likeness (QED) is 0.183. The Kier molecular flexibility index (Phi) is 8.28. The van der Waals surface area contributed by atoms with Crippen molar-refractivity contribution in [1.82, 2.24) is 19.3 Å². The number of fused-ring (bicyclic) bond motifs is 2. The van der Waals surface area contributed by atoms with Crippen molar-refractivity contribution in [3.8, 4) is 28.8 Å². The first-order valence-electron chi connectivity index (χ1n) is 15.3. The molecule has 6 aromatic rings. The Bertz CT molecular complexity index is 2220. The number of ether oxygens (including phenoxy) is 3. The average Bonchev–Trinajstić information content (AvgIpc) is 3.40. The van der Waals surface area contributed by atoms with Crippen LogP contribution in [0.15, 0.2) is 96.1 Å². The van der Waals surface area contributed by atoms with E-state index in [1.165, 1.54) is 48.5 Å². The van der Waals surface area contributed by atoms with Gasteiger partial charge in [-0.15, -0.1) is 0 Å². The van der Waals surface area contributed by atoms with Crippen molar-refractivity contribution >= 4 is 22.5 Å². The molecular weight excluding hydrogens is 620 g/mol. The predicted octanol–water partition coefficient (Wildman–Crippen LogP) is 6.83. The fraction of sp³-hybridized carbons (Fsp3) is 0.167. The number of carbonyl (C=O) groups is 1. The summed E-state index contributed by atoms with van der Waals surface area (Å²) in [6, 6.07) is 22.8. The zero-order chi connectivity index (χ0) is 33.2. The molecule has 2 aromatic heterocycles. The van der Waals surface area contributed by atoms with Gasteiger partial charge >= 0.3 is 0 Å². The van der Waals surface area contributed by atoms with Crippen LogP contribution in [0, 0.1) is 11.6 Å². The molecule has 0 bridgehead atoms. The van der Waals surface area contributed by atoms with Gasteiger partial charge in [-0.2, -0.15) is 0 Å². The number of nitrogens with one attached hydrogen (secondary N) is 1. The summed E-state index contributed by atoms with van der Waals surface area (Å²) in [5, 5.41) is 3.09. The van der Waals surface area contributed by atoms with Crippen molar-refractivity contribution in [2.24, 2.45) is 0 Å². The number of aromatic nitrogens is 4. The van der Waals surface area contributed by atoms with E-state index in [2.05, 4.69) is 15.3 Å². The maximum atomic E-state index is 15.4. The van der Waals surface area contributed by atoms with Crippen LogP contribution >= 0.6 is 0 Å². The van der Waals surface area contributed by atoms with Gasteiger partial charge in [-0.05, 0) is 55.2 Å². The van der Waals surface area contributed by atoms with E-state index in [9.17, 15) is 14.0 Å². The van der Waals surface area contributed by atoms with Gasteiger partial charge in [0.15, 0.2) is 23.1 Å². The highest BCUT2D eigenvalue weighted by molar-refractivity contribution is 6.05. The summed E-state index contributed by atoms with van der Waals surface area (Å²) >= 11 is 0. The average molecular weight is 650 g/mol. The summed E-state index contributed by atoms with van der Waals surface area (Å²) in [4.78, 5) is 35.5. The number of halogens is 2. The molecule has 1 amide bonds. The molecule has 0 atom stereocenters. The van der Waals surface area contributed by atoms with E-state index in [1.54, 1.807) is 22.9 Å². The molecular formula is C36H29F2N5O5.